The molecule has 0 fully saturated rings. The molecule has 0 saturated heterocycles. The lowest BCUT2D eigenvalue weighted by Gasteiger charge is -2.19. The van der Waals surface area contributed by atoms with Gasteiger partial charge in [0, 0.05) is 0 Å². The molecule has 0 aliphatic heterocycles. The summed E-state index contributed by atoms with van der Waals surface area (Å²) in [7, 11) is 0. The third-order valence-corrected chi connectivity index (χ3v) is 3.17. The van der Waals surface area contributed by atoms with E-state index in [2.05, 4.69) is 31.0 Å². The Hall–Kier alpha value is -1.65. The van der Waals surface area contributed by atoms with Crippen molar-refractivity contribution in [3.8, 4) is 5.88 Å². The van der Waals surface area contributed by atoms with Crippen LogP contribution in [-0.2, 0) is 12.8 Å². The van der Waals surface area contributed by atoms with Crippen molar-refractivity contribution in [2.45, 2.75) is 53.9 Å². The van der Waals surface area contributed by atoms with Gasteiger partial charge in [-0.3, -0.25) is 5.41 Å². The summed E-state index contributed by atoms with van der Waals surface area (Å²) in [4.78, 5) is 0. The number of aromatic nitrogens is 2. The number of hydrogen-bond donors (Lipinski definition) is 2. The van der Waals surface area contributed by atoms with Crippen molar-refractivity contribution in [3.63, 3.8) is 0 Å². The van der Waals surface area contributed by atoms with E-state index in [1.54, 1.807) is 0 Å². The standard InChI is InChI=1S/C15H26N4O/c1-6-10-11(7-2)18-19-14(12(10)13(16)17)20-9-8-15(3,4)5/h6-9H2,1-5H3,(H3,16,17). The minimum Gasteiger partial charge on any atom is -0.476 e. The van der Waals surface area contributed by atoms with Crippen molar-refractivity contribution in [1.82, 2.24) is 10.2 Å². The van der Waals surface area contributed by atoms with Crippen LogP contribution in [0.1, 0.15) is 57.9 Å². The van der Waals surface area contributed by atoms with Crippen LogP contribution in [0.2, 0.25) is 0 Å². The summed E-state index contributed by atoms with van der Waals surface area (Å²) in [6.07, 6.45) is 2.45. The maximum Gasteiger partial charge on any atom is 0.244 e. The predicted octanol–water partition coefficient (Wildman–Crippen LogP) is 2.70. The average molecular weight is 278 g/mol. The Morgan fingerprint density at radius 1 is 1.20 bits per heavy atom. The number of nitrogens with one attached hydrogen (secondary N) is 1. The van der Waals surface area contributed by atoms with E-state index >= 15 is 0 Å². The number of amidine groups is 1. The van der Waals surface area contributed by atoms with E-state index < -0.39 is 0 Å². The highest BCUT2D eigenvalue weighted by atomic mass is 16.5. The molecular formula is C15H26N4O. The molecule has 0 atom stereocenters. The topological polar surface area (TPSA) is 84.9 Å². The molecule has 0 aromatic carbocycles. The van der Waals surface area contributed by atoms with Crippen LogP contribution < -0.4 is 10.5 Å². The highest BCUT2D eigenvalue weighted by Crippen LogP contribution is 2.24. The number of rotatable bonds is 6. The van der Waals surface area contributed by atoms with E-state index in [0.717, 1.165) is 30.5 Å². The van der Waals surface area contributed by atoms with Gasteiger partial charge in [-0.25, -0.2) is 0 Å². The van der Waals surface area contributed by atoms with Crippen LogP contribution in [0.4, 0.5) is 0 Å². The van der Waals surface area contributed by atoms with Crippen LogP contribution >= 0.6 is 0 Å². The first-order valence-corrected chi connectivity index (χ1v) is 7.15. The average Bonchev–Trinajstić information content (AvgIpc) is 2.35. The van der Waals surface area contributed by atoms with Crippen LogP contribution in [0.15, 0.2) is 0 Å². The Balaban J connectivity index is 3.04. The molecule has 0 saturated carbocycles. The highest BCUT2D eigenvalue weighted by molar-refractivity contribution is 5.98. The first kappa shape index (κ1) is 16.4. The predicted molar refractivity (Wildman–Crippen MR) is 81.4 cm³/mol. The van der Waals surface area contributed by atoms with E-state index in [1.165, 1.54) is 0 Å². The summed E-state index contributed by atoms with van der Waals surface area (Å²) in [6.45, 7) is 11.1. The lowest BCUT2D eigenvalue weighted by Crippen LogP contribution is -2.20. The van der Waals surface area contributed by atoms with Crippen molar-refractivity contribution < 1.29 is 4.74 Å². The maximum atomic E-state index is 7.78. The summed E-state index contributed by atoms with van der Waals surface area (Å²) in [5, 5.41) is 16.1. The highest BCUT2D eigenvalue weighted by Gasteiger charge is 2.19. The normalized spacial score (nSPS) is 11.4. The van der Waals surface area contributed by atoms with Gasteiger partial charge in [-0.1, -0.05) is 34.6 Å². The molecule has 0 spiro atoms. The van der Waals surface area contributed by atoms with E-state index in [0.29, 0.717) is 18.1 Å². The van der Waals surface area contributed by atoms with E-state index in [9.17, 15) is 0 Å². The van der Waals surface area contributed by atoms with Crippen molar-refractivity contribution in [2.75, 3.05) is 6.61 Å². The van der Waals surface area contributed by atoms with Gasteiger partial charge in [0.1, 0.15) is 5.84 Å². The second kappa shape index (κ2) is 6.68. The fraction of sp³-hybridized carbons (Fsp3) is 0.667. The molecular weight excluding hydrogens is 252 g/mol. The van der Waals surface area contributed by atoms with Crippen LogP contribution in [0.3, 0.4) is 0 Å². The lowest BCUT2D eigenvalue weighted by molar-refractivity contribution is 0.233. The van der Waals surface area contributed by atoms with Crippen molar-refractivity contribution in [2.24, 2.45) is 11.1 Å². The largest absolute Gasteiger partial charge is 0.476 e. The maximum absolute atomic E-state index is 7.78. The summed E-state index contributed by atoms with van der Waals surface area (Å²) >= 11 is 0. The van der Waals surface area contributed by atoms with Gasteiger partial charge in [-0.15, -0.1) is 5.10 Å². The number of ether oxygens (including phenoxy) is 1. The van der Waals surface area contributed by atoms with Crippen LogP contribution in [0, 0.1) is 10.8 Å². The third kappa shape index (κ3) is 4.18. The molecule has 0 unspecified atom stereocenters. The van der Waals surface area contributed by atoms with E-state index in [4.69, 9.17) is 15.9 Å². The van der Waals surface area contributed by atoms with Gasteiger partial charge < -0.3 is 10.5 Å². The molecule has 1 heterocycles. The Kier molecular flexibility index (Phi) is 5.48. The molecule has 1 aromatic heterocycles. The molecule has 0 aliphatic rings. The number of aryl methyl sites for hydroxylation is 1. The van der Waals surface area contributed by atoms with Gasteiger partial charge in [0.25, 0.3) is 0 Å². The molecule has 3 N–H and O–H groups in total. The van der Waals surface area contributed by atoms with Gasteiger partial charge >= 0.3 is 0 Å². The first-order valence-electron chi connectivity index (χ1n) is 7.15. The fourth-order valence-corrected chi connectivity index (χ4v) is 1.99. The Labute approximate surface area is 121 Å². The second-order valence-electron chi connectivity index (χ2n) is 6.09. The summed E-state index contributed by atoms with van der Waals surface area (Å²) in [5.74, 6) is 0.382. The van der Waals surface area contributed by atoms with Crippen molar-refractivity contribution in [3.05, 3.63) is 16.8 Å². The first-order chi connectivity index (χ1) is 9.30. The molecule has 0 bridgehead atoms. The molecule has 0 radical (unpaired) electrons. The van der Waals surface area contributed by atoms with Crippen LogP contribution in [0.25, 0.3) is 0 Å². The molecule has 0 amide bonds. The van der Waals surface area contributed by atoms with Gasteiger partial charge in [0.05, 0.1) is 17.9 Å². The molecule has 5 nitrogen and oxygen atoms in total. The smallest absolute Gasteiger partial charge is 0.244 e. The monoisotopic (exact) mass is 278 g/mol. The van der Waals surface area contributed by atoms with Crippen molar-refractivity contribution >= 4 is 5.84 Å². The summed E-state index contributed by atoms with van der Waals surface area (Å²) < 4.78 is 5.72. The minimum atomic E-state index is -0.00258. The molecule has 1 rings (SSSR count). The number of hydrogen-bond acceptors (Lipinski definition) is 4. The van der Waals surface area contributed by atoms with Gasteiger partial charge in [0.15, 0.2) is 0 Å². The Morgan fingerprint density at radius 2 is 1.85 bits per heavy atom. The second-order valence-corrected chi connectivity index (χ2v) is 6.09. The van der Waals surface area contributed by atoms with Crippen molar-refractivity contribution in [1.29, 1.82) is 5.41 Å². The number of nitrogen functional groups attached to an aromatic ring is 1. The molecule has 20 heavy (non-hydrogen) atoms. The minimum absolute atomic E-state index is 0.00258. The fourth-order valence-electron chi connectivity index (χ4n) is 1.99. The Bertz CT molecular complexity index is 477. The summed E-state index contributed by atoms with van der Waals surface area (Å²) in [6, 6.07) is 0. The van der Waals surface area contributed by atoms with Crippen LogP contribution in [0.5, 0.6) is 5.88 Å². The van der Waals surface area contributed by atoms with Gasteiger partial charge in [-0.2, -0.15) is 5.10 Å². The quantitative estimate of drug-likeness (QED) is 0.619. The Morgan fingerprint density at radius 3 is 2.30 bits per heavy atom. The number of nitrogens with zero attached hydrogens (tertiary/aromatic N) is 2. The van der Waals surface area contributed by atoms with Gasteiger partial charge in [-0.05, 0) is 30.2 Å². The van der Waals surface area contributed by atoms with E-state index in [-0.39, 0.29) is 11.3 Å². The summed E-state index contributed by atoms with van der Waals surface area (Å²) in [5.41, 5.74) is 8.37. The van der Waals surface area contributed by atoms with Crippen LogP contribution in [-0.4, -0.2) is 22.6 Å². The molecule has 1 aromatic rings. The number of nitrogens with two attached hydrogens (primary N) is 1. The lowest BCUT2D eigenvalue weighted by atomic mass is 9.93. The zero-order valence-corrected chi connectivity index (χ0v) is 13.2. The van der Waals surface area contributed by atoms with E-state index in [1.807, 2.05) is 13.8 Å². The molecule has 112 valence electrons. The zero-order chi connectivity index (χ0) is 15.3. The zero-order valence-electron chi connectivity index (χ0n) is 13.2. The SMILES string of the molecule is CCc1nnc(OCCC(C)(C)C)c(C(=N)N)c1CC. The third-order valence-electron chi connectivity index (χ3n) is 3.17. The molecule has 0 aliphatic carbocycles. The molecule has 5 heteroatoms. The van der Waals surface area contributed by atoms with Gasteiger partial charge in [0.2, 0.25) is 5.88 Å².